The lowest BCUT2D eigenvalue weighted by Gasteiger charge is -2.12. The van der Waals surface area contributed by atoms with Crippen molar-refractivity contribution in [1.29, 1.82) is 0 Å². The predicted molar refractivity (Wildman–Crippen MR) is 223 cm³/mol. The average molecular weight is 705 g/mol. The normalized spacial score (nSPS) is 12.0. The summed E-state index contributed by atoms with van der Waals surface area (Å²) in [5, 5.41) is 8.88. The number of nitrogens with zero attached hydrogens (tertiary/aromatic N) is 4. The number of para-hydroxylation sites is 2. The molecule has 8 aromatic carbocycles. The van der Waals surface area contributed by atoms with Crippen LogP contribution in [0, 0.1) is 0 Å². The maximum atomic E-state index is 6.66. The van der Waals surface area contributed by atoms with Gasteiger partial charge < -0.3 is 13.4 Å². The molecule has 0 unspecified atom stereocenters. The van der Waals surface area contributed by atoms with E-state index in [-0.39, 0.29) is 0 Å². The molecule has 0 spiro atoms. The molecule has 12 aromatic rings. The van der Waals surface area contributed by atoms with Crippen molar-refractivity contribution in [2.24, 2.45) is 0 Å². The summed E-state index contributed by atoms with van der Waals surface area (Å²) in [6.45, 7) is 0. The van der Waals surface area contributed by atoms with Gasteiger partial charge in [-0.2, -0.15) is 0 Å². The molecule has 0 radical (unpaired) electrons. The van der Waals surface area contributed by atoms with Gasteiger partial charge in [-0.1, -0.05) is 115 Å². The number of furan rings is 2. The quantitative estimate of drug-likeness (QED) is 0.182. The Morgan fingerprint density at radius 1 is 0.364 bits per heavy atom. The van der Waals surface area contributed by atoms with E-state index in [2.05, 4.69) is 102 Å². The van der Waals surface area contributed by atoms with E-state index < -0.39 is 0 Å². The van der Waals surface area contributed by atoms with Crippen LogP contribution < -0.4 is 0 Å². The maximum Gasteiger partial charge on any atom is 0.164 e. The molecule has 0 saturated carbocycles. The standard InChI is InChI=1S/C49H28N4O2/c1-2-12-29(13-3-1)47-50-48(32-24-25-35-34-17-7-9-21-41(34)54-44(35)28-32)52-49(51-47)36-18-10-22-42-45(36)46-39(20-11-23-43(46)55-42)53-38-19-8-6-16-33(38)37-26-30-14-4-5-15-31(30)27-40(37)53/h1-28H. The van der Waals surface area contributed by atoms with Crippen LogP contribution in [0.1, 0.15) is 0 Å². The Morgan fingerprint density at radius 3 is 1.87 bits per heavy atom. The third kappa shape index (κ3) is 4.52. The van der Waals surface area contributed by atoms with Crippen LogP contribution in [0.15, 0.2) is 179 Å². The highest BCUT2D eigenvalue weighted by atomic mass is 16.3. The van der Waals surface area contributed by atoms with Crippen LogP contribution in [0.2, 0.25) is 0 Å². The zero-order valence-electron chi connectivity index (χ0n) is 29.3. The molecule has 0 aliphatic carbocycles. The summed E-state index contributed by atoms with van der Waals surface area (Å²) in [5.41, 5.74) is 9.08. The van der Waals surface area contributed by atoms with E-state index in [9.17, 15) is 0 Å². The zero-order chi connectivity index (χ0) is 36.0. The zero-order valence-corrected chi connectivity index (χ0v) is 29.3. The predicted octanol–water partition coefficient (Wildman–Crippen LogP) is 12.9. The van der Waals surface area contributed by atoms with Crippen molar-refractivity contribution in [1.82, 2.24) is 19.5 Å². The first-order valence-corrected chi connectivity index (χ1v) is 18.4. The molecule has 12 rings (SSSR count). The Balaban J connectivity index is 1.14. The second-order valence-corrected chi connectivity index (χ2v) is 14.0. The number of rotatable bonds is 4. The highest BCUT2D eigenvalue weighted by Crippen LogP contribution is 2.43. The van der Waals surface area contributed by atoms with Crippen molar-refractivity contribution in [2.75, 3.05) is 0 Å². The van der Waals surface area contributed by atoms with Gasteiger partial charge in [-0.25, -0.2) is 15.0 Å². The minimum absolute atomic E-state index is 0.560. The molecule has 0 bridgehead atoms. The second kappa shape index (κ2) is 11.5. The average Bonchev–Trinajstić information content (AvgIpc) is 3.92. The van der Waals surface area contributed by atoms with E-state index in [0.717, 1.165) is 77.3 Å². The Bertz CT molecular complexity index is 3500. The van der Waals surface area contributed by atoms with E-state index in [1.165, 1.54) is 21.5 Å². The van der Waals surface area contributed by atoms with Gasteiger partial charge in [0, 0.05) is 43.6 Å². The van der Waals surface area contributed by atoms with Crippen molar-refractivity contribution in [2.45, 2.75) is 0 Å². The first-order valence-electron chi connectivity index (χ1n) is 18.4. The highest BCUT2D eigenvalue weighted by molar-refractivity contribution is 6.19. The summed E-state index contributed by atoms with van der Waals surface area (Å²) >= 11 is 0. The fourth-order valence-corrected chi connectivity index (χ4v) is 8.34. The number of fused-ring (bicyclic) bond motifs is 10. The molecule has 0 aliphatic heterocycles. The Labute approximate surface area is 313 Å². The van der Waals surface area contributed by atoms with Crippen molar-refractivity contribution in [3.63, 3.8) is 0 Å². The Morgan fingerprint density at radius 2 is 1.00 bits per heavy atom. The molecule has 55 heavy (non-hydrogen) atoms. The van der Waals surface area contributed by atoms with E-state index >= 15 is 0 Å². The van der Waals surface area contributed by atoms with Crippen molar-refractivity contribution < 1.29 is 8.83 Å². The summed E-state index contributed by atoms with van der Waals surface area (Å²) in [7, 11) is 0. The van der Waals surface area contributed by atoms with E-state index in [4.69, 9.17) is 23.8 Å². The summed E-state index contributed by atoms with van der Waals surface area (Å²) in [6.07, 6.45) is 0. The second-order valence-electron chi connectivity index (χ2n) is 14.0. The van der Waals surface area contributed by atoms with Gasteiger partial charge >= 0.3 is 0 Å². The fourth-order valence-electron chi connectivity index (χ4n) is 8.34. The molecule has 256 valence electrons. The minimum Gasteiger partial charge on any atom is -0.456 e. The minimum atomic E-state index is 0.560. The third-order valence-corrected chi connectivity index (χ3v) is 10.8. The molecule has 0 amide bonds. The lowest BCUT2D eigenvalue weighted by Crippen LogP contribution is -2.00. The first kappa shape index (κ1) is 29.9. The smallest absolute Gasteiger partial charge is 0.164 e. The number of benzene rings is 8. The molecule has 0 N–H and O–H groups in total. The molecule has 0 atom stereocenters. The van der Waals surface area contributed by atoms with Crippen molar-refractivity contribution in [3.8, 4) is 39.9 Å². The van der Waals surface area contributed by atoms with Gasteiger partial charge in [0.05, 0.1) is 22.1 Å². The molecule has 4 aromatic heterocycles. The molecule has 0 aliphatic rings. The summed E-state index contributed by atoms with van der Waals surface area (Å²) in [5.74, 6) is 1.71. The van der Waals surface area contributed by atoms with E-state index in [0.29, 0.717) is 17.5 Å². The van der Waals surface area contributed by atoms with Crippen LogP contribution >= 0.6 is 0 Å². The lowest BCUT2D eigenvalue weighted by molar-refractivity contribution is 0.668. The Kier molecular flexibility index (Phi) is 6.24. The number of aromatic nitrogens is 4. The molecular formula is C49H28N4O2. The number of hydrogen-bond acceptors (Lipinski definition) is 5. The monoisotopic (exact) mass is 704 g/mol. The van der Waals surface area contributed by atoms with Crippen LogP contribution in [0.5, 0.6) is 0 Å². The Hall–Kier alpha value is -7.57. The summed E-state index contributed by atoms with van der Waals surface area (Å²) in [6, 6.07) is 58.6. The van der Waals surface area contributed by atoms with Gasteiger partial charge in [-0.15, -0.1) is 0 Å². The first-order chi connectivity index (χ1) is 27.2. The maximum absolute atomic E-state index is 6.66. The lowest BCUT2D eigenvalue weighted by atomic mass is 10.0. The van der Waals surface area contributed by atoms with Crippen molar-refractivity contribution in [3.05, 3.63) is 170 Å². The van der Waals surface area contributed by atoms with Crippen LogP contribution in [-0.2, 0) is 0 Å². The van der Waals surface area contributed by atoms with Crippen LogP contribution in [0.25, 0.3) is 116 Å². The highest BCUT2D eigenvalue weighted by Gasteiger charge is 2.22. The van der Waals surface area contributed by atoms with Gasteiger partial charge in [0.15, 0.2) is 17.5 Å². The molecule has 6 heteroatoms. The molecule has 0 fully saturated rings. The topological polar surface area (TPSA) is 69.9 Å². The molecule has 4 heterocycles. The molecular weight excluding hydrogens is 677 g/mol. The fraction of sp³-hybridized carbons (Fsp3) is 0. The third-order valence-electron chi connectivity index (χ3n) is 10.8. The van der Waals surface area contributed by atoms with Crippen molar-refractivity contribution >= 4 is 76.5 Å². The molecule has 6 nitrogen and oxygen atoms in total. The van der Waals surface area contributed by atoms with Crippen LogP contribution in [0.4, 0.5) is 0 Å². The van der Waals surface area contributed by atoms with Gasteiger partial charge in [0.2, 0.25) is 0 Å². The van der Waals surface area contributed by atoms with Gasteiger partial charge in [0.1, 0.15) is 22.3 Å². The van der Waals surface area contributed by atoms with Gasteiger partial charge in [-0.3, -0.25) is 0 Å². The summed E-state index contributed by atoms with van der Waals surface area (Å²) in [4.78, 5) is 15.4. The van der Waals surface area contributed by atoms with Gasteiger partial charge in [-0.05, 0) is 65.4 Å². The van der Waals surface area contributed by atoms with Crippen LogP contribution in [0.3, 0.4) is 0 Å². The number of hydrogen-bond donors (Lipinski definition) is 0. The van der Waals surface area contributed by atoms with Gasteiger partial charge in [0.25, 0.3) is 0 Å². The van der Waals surface area contributed by atoms with Crippen LogP contribution in [-0.4, -0.2) is 19.5 Å². The molecule has 0 saturated heterocycles. The SMILES string of the molecule is c1ccc(-c2nc(-c3ccc4c(c3)oc3ccccc34)nc(-c3cccc4oc5cccc(-n6c7ccccc7c7cc8ccccc8cc76)c5c34)n2)cc1. The largest absolute Gasteiger partial charge is 0.456 e. The summed E-state index contributed by atoms with van der Waals surface area (Å²) < 4.78 is 15.3. The van der Waals surface area contributed by atoms with E-state index in [1.54, 1.807) is 0 Å². The van der Waals surface area contributed by atoms with E-state index in [1.807, 2.05) is 72.8 Å².